The lowest BCUT2D eigenvalue weighted by Crippen LogP contribution is -2.08. The molecule has 0 atom stereocenters. The van der Waals surface area contributed by atoms with Gasteiger partial charge in [-0.15, -0.1) is 0 Å². The maximum absolute atomic E-state index is 5.25. The molecule has 0 unspecified atom stereocenters. The van der Waals surface area contributed by atoms with E-state index in [1.54, 1.807) is 0 Å². The molecule has 2 N–H and O–H groups in total. The van der Waals surface area contributed by atoms with Gasteiger partial charge < -0.3 is 14.9 Å². The third-order valence-electron chi connectivity index (χ3n) is 1.93. The Morgan fingerprint density at radius 1 is 1.11 bits per heavy atom. The van der Waals surface area contributed by atoms with Crippen LogP contribution in [0.15, 0.2) is 0 Å². The summed E-state index contributed by atoms with van der Waals surface area (Å²) in [7, 11) is 0. The van der Waals surface area contributed by atoms with Gasteiger partial charge in [-0.2, -0.15) is 0 Å². The standard InChI is InChI=1S/C6H10O2.H2O.H2/c1-3-7-6-5(1)2-4-8-6;;/h5-6H,1-4H2;1H2;1H. The summed E-state index contributed by atoms with van der Waals surface area (Å²) in [4.78, 5) is 0. The minimum atomic E-state index is 0. The summed E-state index contributed by atoms with van der Waals surface area (Å²) in [5.41, 5.74) is 0. The molecule has 2 heterocycles. The van der Waals surface area contributed by atoms with Crippen LogP contribution in [0.1, 0.15) is 14.3 Å². The van der Waals surface area contributed by atoms with Gasteiger partial charge in [-0.1, -0.05) is 0 Å². The Kier molecular flexibility index (Phi) is 2.05. The van der Waals surface area contributed by atoms with E-state index in [-0.39, 0.29) is 13.2 Å². The van der Waals surface area contributed by atoms with Gasteiger partial charge in [0.1, 0.15) is 0 Å². The second-order valence-corrected chi connectivity index (χ2v) is 2.45. The van der Waals surface area contributed by atoms with E-state index in [2.05, 4.69) is 0 Å². The van der Waals surface area contributed by atoms with Crippen LogP contribution in [0.4, 0.5) is 0 Å². The fourth-order valence-electron chi connectivity index (χ4n) is 1.41. The average molecular weight is 134 g/mol. The fraction of sp³-hybridized carbons (Fsp3) is 1.00. The second-order valence-electron chi connectivity index (χ2n) is 2.45. The molecule has 2 rings (SSSR count). The van der Waals surface area contributed by atoms with Gasteiger partial charge in [0.25, 0.3) is 0 Å². The lowest BCUT2D eigenvalue weighted by molar-refractivity contribution is -0.0904. The summed E-state index contributed by atoms with van der Waals surface area (Å²) in [6.45, 7) is 1.82. The number of hydrogen-bond acceptors (Lipinski definition) is 2. The summed E-state index contributed by atoms with van der Waals surface area (Å²) < 4.78 is 10.5. The normalized spacial score (nSPS) is 40.0. The molecule has 0 aliphatic carbocycles. The highest BCUT2D eigenvalue weighted by Gasteiger charge is 2.33. The largest absolute Gasteiger partial charge is 0.412 e. The van der Waals surface area contributed by atoms with E-state index in [1.807, 2.05) is 0 Å². The lowest BCUT2D eigenvalue weighted by Gasteiger charge is -2.03. The highest BCUT2D eigenvalue weighted by Crippen LogP contribution is 2.30. The highest BCUT2D eigenvalue weighted by molar-refractivity contribution is 4.73. The summed E-state index contributed by atoms with van der Waals surface area (Å²) in [6, 6.07) is 0. The number of fused-ring (bicyclic) bond motifs is 1. The number of rotatable bonds is 0. The van der Waals surface area contributed by atoms with Crippen molar-refractivity contribution < 1.29 is 16.4 Å². The third kappa shape index (κ3) is 1.08. The van der Waals surface area contributed by atoms with Gasteiger partial charge in [0, 0.05) is 7.34 Å². The van der Waals surface area contributed by atoms with Crippen LogP contribution in [0.2, 0.25) is 0 Å². The zero-order valence-electron chi connectivity index (χ0n) is 5.30. The predicted molar refractivity (Wildman–Crippen MR) is 34.1 cm³/mol. The first-order valence-corrected chi connectivity index (χ1v) is 3.20. The van der Waals surface area contributed by atoms with Crippen LogP contribution in [0.5, 0.6) is 0 Å². The highest BCUT2D eigenvalue weighted by atomic mass is 16.7. The molecular formula is C6H14O3. The molecule has 0 aromatic heterocycles. The van der Waals surface area contributed by atoms with Crippen LogP contribution < -0.4 is 0 Å². The van der Waals surface area contributed by atoms with Crippen LogP contribution in [0, 0.1) is 5.92 Å². The van der Waals surface area contributed by atoms with Crippen molar-refractivity contribution in [3.8, 4) is 0 Å². The minimum absolute atomic E-state index is 0. The molecule has 0 spiro atoms. The maximum Gasteiger partial charge on any atom is 0.160 e. The predicted octanol–water partition coefficient (Wildman–Crippen LogP) is 0.191. The van der Waals surface area contributed by atoms with Crippen molar-refractivity contribution in [2.45, 2.75) is 19.1 Å². The summed E-state index contributed by atoms with van der Waals surface area (Å²) in [6.07, 6.45) is 2.60. The Morgan fingerprint density at radius 3 is 2.11 bits per heavy atom. The first-order valence-electron chi connectivity index (χ1n) is 3.20. The van der Waals surface area contributed by atoms with Gasteiger partial charge in [0.2, 0.25) is 0 Å². The minimum Gasteiger partial charge on any atom is -0.412 e. The number of ether oxygens (including phenoxy) is 2. The van der Waals surface area contributed by atoms with E-state index in [0.717, 1.165) is 19.1 Å². The van der Waals surface area contributed by atoms with Crippen LogP contribution in [-0.2, 0) is 9.47 Å². The Bertz CT molecular complexity index is 79.0. The molecule has 2 fully saturated rings. The molecule has 0 bridgehead atoms. The van der Waals surface area contributed by atoms with E-state index >= 15 is 0 Å². The maximum atomic E-state index is 5.25. The van der Waals surface area contributed by atoms with E-state index in [9.17, 15) is 0 Å². The van der Waals surface area contributed by atoms with E-state index < -0.39 is 0 Å². The Hall–Kier alpha value is -0.120. The number of hydrogen-bond donors (Lipinski definition) is 0. The quantitative estimate of drug-likeness (QED) is 0.475. The van der Waals surface area contributed by atoms with Crippen molar-refractivity contribution in [2.75, 3.05) is 13.2 Å². The van der Waals surface area contributed by atoms with Crippen molar-refractivity contribution in [3.63, 3.8) is 0 Å². The molecule has 0 saturated carbocycles. The Labute approximate surface area is 55.7 Å². The van der Waals surface area contributed by atoms with Crippen molar-refractivity contribution >= 4 is 0 Å². The SMILES string of the molecule is C1CC2CCOC2O1.O.[HH]. The molecule has 0 aromatic carbocycles. The first-order chi connectivity index (χ1) is 3.97. The van der Waals surface area contributed by atoms with Crippen LogP contribution in [0.3, 0.4) is 0 Å². The molecule has 0 aromatic rings. The summed E-state index contributed by atoms with van der Waals surface area (Å²) in [5, 5.41) is 0. The molecule has 0 radical (unpaired) electrons. The molecule has 2 aliphatic rings. The van der Waals surface area contributed by atoms with E-state index in [4.69, 9.17) is 9.47 Å². The topological polar surface area (TPSA) is 50.0 Å². The Morgan fingerprint density at radius 2 is 1.67 bits per heavy atom. The van der Waals surface area contributed by atoms with Gasteiger partial charge in [0.05, 0.1) is 13.2 Å². The third-order valence-corrected chi connectivity index (χ3v) is 1.93. The molecule has 56 valence electrons. The molecular weight excluding hydrogens is 120 g/mol. The summed E-state index contributed by atoms with van der Waals surface area (Å²) >= 11 is 0. The Balaban J connectivity index is 0.000000405. The van der Waals surface area contributed by atoms with Crippen LogP contribution >= 0.6 is 0 Å². The fourth-order valence-corrected chi connectivity index (χ4v) is 1.41. The van der Waals surface area contributed by atoms with Gasteiger partial charge in [-0.25, -0.2) is 0 Å². The van der Waals surface area contributed by atoms with Crippen molar-refractivity contribution in [2.24, 2.45) is 5.92 Å². The first kappa shape index (κ1) is 6.99. The van der Waals surface area contributed by atoms with Crippen molar-refractivity contribution in [1.82, 2.24) is 0 Å². The van der Waals surface area contributed by atoms with Gasteiger partial charge in [0.15, 0.2) is 6.29 Å². The smallest absolute Gasteiger partial charge is 0.160 e. The molecule has 3 heteroatoms. The lowest BCUT2D eigenvalue weighted by atomic mass is 10.1. The van der Waals surface area contributed by atoms with Crippen molar-refractivity contribution in [3.05, 3.63) is 0 Å². The molecule has 2 saturated heterocycles. The van der Waals surface area contributed by atoms with E-state index in [1.165, 1.54) is 12.8 Å². The average Bonchev–Trinajstić information content (AvgIpc) is 2.15. The van der Waals surface area contributed by atoms with E-state index in [0.29, 0.717) is 0 Å². The molecule has 9 heavy (non-hydrogen) atoms. The molecule has 2 aliphatic heterocycles. The van der Waals surface area contributed by atoms with Crippen LogP contribution in [-0.4, -0.2) is 25.0 Å². The van der Waals surface area contributed by atoms with Gasteiger partial charge in [-0.05, 0) is 12.8 Å². The monoisotopic (exact) mass is 134 g/mol. The zero-order chi connectivity index (χ0) is 5.40. The molecule has 0 amide bonds. The molecule has 3 nitrogen and oxygen atoms in total. The van der Waals surface area contributed by atoms with Crippen molar-refractivity contribution in [1.29, 1.82) is 0 Å². The zero-order valence-corrected chi connectivity index (χ0v) is 5.30. The second kappa shape index (κ2) is 2.64. The van der Waals surface area contributed by atoms with Gasteiger partial charge >= 0.3 is 0 Å². The van der Waals surface area contributed by atoms with Gasteiger partial charge in [-0.3, -0.25) is 0 Å². The van der Waals surface area contributed by atoms with Crippen LogP contribution in [0.25, 0.3) is 0 Å². The summed E-state index contributed by atoms with van der Waals surface area (Å²) in [5.74, 6) is 0.731.